The molecule has 29 heavy (non-hydrogen) atoms. The first-order valence-electron chi connectivity index (χ1n) is 9.17. The number of halogens is 2. The Morgan fingerprint density at radius 3 is 2.83 bits per heavy atom. The van der Waals surface area contributed by atoms with Crippen LogP contribution in [0.1, 0.15) is 33.9 Å². The first kappa shape index (κ1) is 22.7. The van der Waals surface area contributed by atoms with Gasteiger partial charge in [0.15, 0.2) is 5.69 Å². The minimum atomic E-state index is -0.134. The highest BCUT2D eigenvalue weighted by Gasteiger charge is 2.21. The predicted octanol–water partition coefficient (Wildman–Crippen LogP) is 2.03. The summed E-state index contributed by atoms with van der Waals surface area (Å²) >= 11 is 0. The molecule has 0 fully saturated rings. The maximum absolute atomic E-state index is 12.4. The Morgan fingerprint density at radius 1 is 1.24 bits per heavy atom. The number of fused-ring (bicyclic) bond motifs is 1. The van der Waals surface area contributed by atoms with Crippen molar-refractivity contribution in [1.29, 1.82) is 0 Å². The van der Waals surface area contributed by atoms with Gasteiger partial charge in [0.2, 0.25) is 0 Å². The monoisotopic (exact) mass is 437 g/mol. The molecule has 2 aromatic heterocycles. The van der Waals surface area contributed by atoms with Gasteiger partial charge in [-0.25, -0.2) is 4.68 Å². The molecule has 10 heteroatoms. The average molecular weight is 438 g/mol. The van der Waals surface area contributed by atoms with Gasteiger partial charge in [-0.15, -0.1) is 24.8 Å². The Bertz CT molecular complexity index is 939. The number of aryl methyl sites for hydroxylation is 1. The number of aromatic nitrogens is 4. The van der Waals surface area contributed by atoms with Crippen LogP contribution in [-0.2, 0) is 19.4 Å². The second kappa shape index (κ2) is 10.3. The van der Waals surface area contributed by atoms with Crippen LogP contribution < -0.4 is 16.4 Å². The normalized spacial score (nSPS) is 12.4. The van der Waals surface area contributed by atoms with Gasteiger partial charge in [0.1, 0.15) is 5.82 Å². The van der Waals surface area contributed by atoms with Gasteiger partial charge in [-0.3, -0.25) is 9.89 Å². The molecule has 1 aromatic carbocycles. The number of carbonyl (C=O) groups excluding carboxylic acids is 1. The summed E-state index contributed by atoms with van der Waals surface area (Å²) in [5.74, 6) is 0.474. The van der Waals surface area contributed by atoms with Crippen LogP contribution in [0.3, 0.4) is 0 Å². The Kier molecular flexibility index (Phi) is 8.07. The molecule has 1 amide bonds. The number of amides is 1. The number of para-hydroxylation sites is 1. The molecule has 5 N–H and O–H groups in total. The van der Waals surface area contributed by atoms with Crippen LogP contribution in [0.15, 0.2) is 36.4 Å². The van der Waals surface area contributed by atoms with E-state index >= 15 is 0 Å². The van der Waals surface area contributed by atoms with Crippen molar-refractivity contribution in [3.05, 3.63) is 59.0 Å². The average Bonchev–Trinajstić information content (AvgIpc) is 3.29. The van der Waals surface area contributed by atoms with E-state index in [1.54, 1.807) is 4.68 Å². The van der Waals surface area contributed by atoms with Gasteiger partial charge in [0, 0.05) is 43.4 Å². The Labute approximate surface area is 181 Å². The zero-order valence-corrected chi connectivity index (χ0v) is 17.5. The highest BCUT2D eigenvalue weighted by Crippen LogP contribution is 2.16. The van der Waals surface area contributed by atoms with Gasteiger partial charge in [-0.2, -0.15) is 10.2 Å². The van der Waals surface area contributed by atoms with Crippen molar-refractivity contribution in [2.45, 2.75) is 25.8 Å². The lowest BCUT2D eigenvalue weighted by Gasteiger charge is -2.12. The molecule has 0 radical (unpaired) electrons. The van der Waals surface area contributed by atoms with Crippen LogP contribution >= 0.6 is 24.8 Å². The number of benzene rings is 1. The first-order chi connectivity index (χ1) is 13.2. The van der Waals surface area contributed by atoms with Crippen LogP contribution in [-0.4, -0.2) is 39.0 Å². The number of hydrogen-bond donors (Lipinski definition) is 4. The van der Waals surface area contributed by atoms with Gasteiger partial charge in [0.05, 0.1) is 11.4 Å². The Hall–Kier alpha value is -2.55. The Morgan fingerprint density at radius 2 is 2.03 bits per heavy atom. The molecule has 3 heterocycles. The summed E-state index contributed by atoms with van der Waals surface area (Å²) in [6, 6.07) is 11.7. The fraction of sp³-hybridized carbons (Fsp3) is 0.316. The summed E-state index contributed by atoms with van der Waals surface area (Å²) in [5.41, 5.74) is 10.4. The number of nitrogens with two attached hydrogens (primary N) is 1. The molecular weight excluding hydrogens is 413 g/mol. The van der Waals surface area contributed by atoms with E-state index in [4.69, 9.17) is 5.73 Å². The standard InChI is InChI=1S/C19H23N7O.2ClH/c20-17-11-13(25-26(17)14-6-2-1-3-7-14)5-4-9-22-19(27)18-15-12-21-10-8-16(15)23-24-18;;/h1-3,6-7,11,21H,4-5,8-10,12,20H2,(H,22,27)(H,23,24);2*1H. The molecule has 0 bridgehead atoms. The fourth-order valence-electron chi connectivity index (χ4n) is 3.31. The molecule has 0 spiro atoms. The fourth-order valence-corrected chi connectivity index (χ4v) is 3.31. The minimum absolute atomic E-state index is 0. The second-order valence-corrected chi connectivity index (χ2v) is 6.62. The topological polar surface area (TPSA) is 114 Å². The molecular formula is C19H25Cl2N7O. The number of rotatable bonds is 6. The number of nitrogen functional groups attached to an aromatic ring is 1. The lowest BCUT2D eigenvalue weighted by atomic mass is 10.1. The van der Waals surface area contributed by atoms with E-state index in [1.165, 1.54) is 0 Å². The smallest absolute Gasteiger partial charge is 0.272 e. The van der Waals surface area contributed by atoms with E-state index in [0.29, 0.717) is 24.6 Å². The Balaban J connectivity index is 0.00000150. The van der Waals surface area contributed by atoms with Gasteiger partial charge in [-0.05, 0) is 25.0 Å². The van der Waals surface area contributed by atoms with E-state index in [0.717, 1.165) is 48.4 Å². The van der Waals surface area contributed by atoms with Crippen LogP contribution in [0.4, 0.5) is 5.82 Å². The molecule has 4 rings (SSSR count). The quantitative estimate of drug-likeness (QED) is 0.440. The van der Waals surface area contributed by atoms with Crippen LogP contribution in [0.5, 0.6) is 0 Å². The van der Waals surface area contributed by atoms with Crippen molar-refractivity contribution < 1.29 is 4.79 Å². The second-order valence-electron chi connectivity index (χ2n) is 6.62. The summed E-state index contributed by atoms with van der Waals surface area (Å²) in [6.07, 6.45) is 2.40. The van der Waals surface area contributed by atoms with Crippen molar-refractivity contribution in [2.24, 2.45) is 0 Å². The number of H-pyrrole nitrogens is 1. The van der Waals surface area contributed by atoms with Crippen molar-refractivity contribution in [3.8, 4) is 5.69 Å². The lowest BCUT2D eigenvalue weighted by molar-refractivity contribution is 0.0947. The first-order valence-corrected chi connectivity index (χ1v) is 9.17. The molecule has 156 valence electrons. The third kappa shape index (κ3) is 5.09. The number of nitrogens with zero attached hydrogens (tertiary/aromatic N) is 3. The molecule has 8 nitrogen and oxygen atoms in total. The van der Waals surface area contributed by atoms with Crippen molar-refractivity contribution in [2.75, 3.05) is 18.8 Å². The summed E-state index contributed by atoms with van der Waals surface area (Å²) in [7, 11) is 0. The van der Waals surface area contributed by atoms with E-state index in [1.807, 2.05) is 36.4 Å². The van der Waals surface area contributed by atoms with E-state index < -0.39 is 0 Å². The molecule has 0 unspecified atom stereocenters. The largest absolute Gasteiger partial charge is 0.384 e. The van der Waals surface area contributed by atoms with Crippen LogP contribution in [0, 0.1) is 0 Å². The van der Waals surface area contributed by atoms with E-state index in [9.17, 15) is 4.79 Å². The number of carbonyl (C=O) groups is 1. The van der Waals surface area contributed by atoms with Gasteiger partial charge < -0.3 is 16.4 Å². The summed E-state index contributed by atoms with van der Waals surface area (Å²) in [4.78, 5) is 12.4. The molecule has 0 aliphatic carbocycles. The van der Waals surface area contributed by atoms with Crippen molar-refractivity contribution >= 4 is 36.5 Å². The zero-order chi connectivity index (χ0) is 18.6. The highest BCUT2D eigenvalue weighted by atomic mass is 35.5. The van der Waals surface area contributed by atoms with Crippen molar-refractivity contribution in [3.63, 3.8) is 0 Å². The minimum Gasteiger partial charge on any atom is -0.384 e. The predicted molar refractivity (Wildman–Crippen MR) is 117 cm³/mol. The highest BCUT2D eigenvalue weighted by molar-refractivity contribution is 5.94. The van der Waals surface area contributed by atoms with Crippen molar-refractivity contribution in [1.82, 2.24) is 30.6 Å². The third-order valence-corrected chi connectivity index (χ3v) is 4.70. The van der Waals surface area contributed by atoms with Crippen LogP contribution in [0.25, 0.3) is 5.69 Å². The molecule has 1 aliphatic rings. The van der Waals surface area contributed by atoms with E-state index in [-0.39, 0.29) is 30.7 Å². The van der Waals surface area contributed by atoms with E-state index in [2.05, 4.69) is 25.9 Å². The zero-order valence-electron chi connectivity index (χ0n) is 15.9. The number of aromatic amines is 1. The number of hydrogen-bond acceptors (Lipinski definition) is 5. The molecule has 0 saturated heterocycles. The molecule has 3 aromatic rings. The maximum atomic E-state index is 12.4. The third-order valence-electron chi connectivity index (χ3n) is 4.70. The van der Waals surface area contributed by atoms with Crippen LogP contribution in [0.2, 0.25) is 0 Å². The lowest BCUT2D eigenvalue weighted by Crippen LogP contribution is -2.29. The SMILES string of the molecule is Cl.Cl.Nc1cc(CCCNC(=O)c2n[nH]c3c2CNCC3)nn1-c1ccccc1. The van der Waals surface area contributed by atoms with Gasteiger partial charge in [-0.1, -0.05) is 18.2 Å². The molecule has 1 aliphatic heterocycles. The number of anilines is 1. The molecule has 0 atom stereocenters. The van der Waals surface area contributed by atoms with Gasteiger partial charge in [0.25, 0.3) is 5.91 Å². The summed E-state index contributed by atoms with van der Waals surface area (Å²) in [5, 5.41) is 17.9. The van der Waals surface area contributed by atoms with Gasteiger partial charge >= 0.3 is 0 Å². The summed E-state index contributed by atoms with van der Waals surface area (Å²) in [6.45, 7) is 2.16. The summed E-state index contributed by atoms with van der Waals surface area (Å²) < 4.78 is 1.73. The maximum Gasteiger partial charge on any atom is 0.272 e. The molecule has 0 saturated carbocycles. The number of nitrogens with one attached hydrogen (secondary N) is 3.